The summed E-state index contributed by atoms with van der Waals surface area (Å²) >= 11 is 6.06. The molecule has 0 radical (unpaired) electrons. The van der Waals surface area contributed by atoms with Gasteiger partial charge < -0.3 is 4.84 Å². The molecular weight excluding hydrogens is 190 g/mol. The number of rotatable bonds is 7. The first kappa shape index (κ1) is 12.6. The molecule has 74 valence electrons. The predicted molar refractivity (Wildman–Crippen MR) is 60.0 cm³/mol. The van der Waals surface area contributed by atoms with Gasteiger partial charge in [0.1, 0.15) is 0 Å². The van der Waals surface area contributed by atoms with Crippen molar-refractivity contribution in [3.8, 4) is 0 Å². The van der Waals surface area contributed by atoms with E-state index < -0.39 is 0 Å². The number of hydroxylamine groups is 2. The van der Waals surface area contributed by atoms with E-state index in [0.29, 0.717) is 6.04 Å². The van der Waals surface area contributed by atoms with E-state index in [2.05, 4.69) is 26.5 Å². The lowest BCUT2D eigenvalue weighted by Gasteiger charge is -2.23. The first-order valence-electron chi connectivity index (χ1n) is 4.21. The molecule has 0 N–H and O–H groups in total. The number of nitrogens with zero attached hydrogens (tertiary/aromatic N) is 1. The fraction of sp³-hybridized carbons (Fsp3) is 1.00. The minimum Gasteiger partial charge on any atom is -0.302 e. The van der Waals surface area contributed by atoms with Gasteiger partial charge in [0.05, 0.1) is 7.11 Å². The Morgan fingerprint density at radius 3 is 2.50 bits per heavy atom. The molecular formula is C8H19NOS2. The Bertz CT molecular complexity index is 101. The smallest absolute Gasteiger partial charge is 0.0575 e. The highest BCUT2D eigenvalue weighted by Gasteiger charge is 2.06. The number of thiol groups is 1. The summed E-state index contributed by atoms with van der Waals surface area (Å²) < 4.78 is 0. The third kappa shape index (κ3) is 6.17. The average molecular weight is 209 g/mol. The van der Waals surface area contributed by atoms with Crippen LogP contribution in [0.15, 0.2) is 0 Å². The zero-order valence-electron chi connectivity index (χ0n) is 8.12. The largest absolute Gasteiger partial charge is 0.302 e. The molecule has 0 saturated carbocycles. The summed E-state index contributed by atoms with van der Waals surface area (Å²) in [6, 6.07) is 0.464. The zero-order chi connectivity index (χ0) is 9.40. The average Bonchev–Trinajstić information content (AvgIpc) is 2.04. The van der Waals surface area contributed by atoms with Gasteiger partial charge in [-0.3, -0.25) is 0 Å². The minimum atomic E-state index is 0.464. The van der Waals surface area contributed by atoms with E-state index in [1.807, 2.05) is 16.8 Å². The van der Waals surface area contributed by atoms with Gasteiger partial charge >= 0.3 is 0 Å². The fourth-order valence-corrected chi connectivity index (χ4v) is 1.91. The van der Waals surface area contributed by atoms with Crippen LogP contribution in [-0.4, -0.2) is 42.0 Å². The molecule has 0 aliphatic carbocycles. The Labute approximate surface area is 85.4 Å². The van der Waals surface area contributed by atoms with Gasteiger partial charge in [0.15, 0.2) is 0 Å². The summed E-state index contributed by atoms with van der Waals surface area (Å²) in [4.78, 5) is 5.19. The topological polar surface area (TPSA) is 12.5 Å². The normalized spacial score (nSPS) is 11.5. The van der Waals surface area contributed by atoms with Gasteiger partial charge in [-0.2, -0.15) is 29.5 Å². The summed E-state index contributed by atoms with van der Waals surface area (Å²) in [6.45, 7) is 5.26. The molecule has 0 aromatic carbocycles. The summed E-state index contributed by atoms with van der Waals surface area (Å²) in [6.07, 6.45) is 0. The molecule has 0 saturated heterocycles. The molecule has 0 amide bonds. The molecule has 0 aromatic heterocycles. The molecule has 0 fully saturated rings. The van der Waals surface area contributed by atoms with Crippen LogP contribution in [0.5, 0.6) is 0 Å². The maximum Gasteiger partial charge on any atom is 0.0575 e. The zero-order valence-corrected chi connectivity index (χ0v) is 9.83. The highest BCUT2D eigenvalue weighted by molar-refractivity contribution is 8.00. The highest BCUT2D eigenvalue weighted by Crippen LogP contribution is 2.04. The first-order valence-corrected chi connectivity index (χ1v) is 6.00. The molecule has 0 aliphatic heterocycles. The lowest BCUT2D eigenvalue weighted by Crippen LogP contribution is -2.31. The molecule has 2 nitrogen and oxygen atoms in total. The van der Waals surface area contributed by atoms with Crippen LogP contribution in [0.3, 0.4) is 0 Å². The summed E-state index contributed by atoms with van der Waals surface area (Å²) in [5, 5.41) is 1.99. The molecule has 0 heterocycles. The van der Waals surface area contributed by atoms with Crippen molar-refractivity contribution in [2.45, 2.75) is 19.9 Å². The van der Waals surface area contributed by atoms with Crippen LogP contribution in [0.2, 0.25) is 0 Å². The lowest BCUT2D eigenvalue weighted by atomic mass is 10.4. The van der Waals surface area contributed by atoms with E-state index in [1.165, 1.54) is 0 Å². The Morgan fingerprint density at radius 2 is 2.08 bits per heavy atom. The van der Waals surface area contributed by atoms with Crippen molar-refractivity contribution in [3.05, 3.63) is 0 Å². The fourth-order valence-electron chi connectivity index (χ4n) is 0.881. The Hall–Kier alpha value is 0.620. The van der Waals surface area contributed by atoms with Crippen molar-refractivity contribution >= 4 is 24.4 Å². The Morgan fingerprint density at radius 1 is 1.42 bits per heavy atom. The number of hydrogen-bond acceptors (Lipinski definition) is 4. The van der Waals surface area contributed by atoms with Crippen LogP contribution in [0.1, 0.15) is 13.8 Å². The monoisotopic (exact) mass is 209 g/mol. The molecule has 0 aromatic rings. The van der Waals surface area contributed by atoms with Crippen molar-refractivity contribution in [1.82, 2.24) is 5.06 Å². The van der Waals surface area contributed by atoms with Crippen molar-refractivity contribution in [2.75, 3.05) is 30.9 Å². The second-order valence-electron chi connectivity index (χ2n) is 2.75. The summed E-state index contributed by atoms with van der Waals surface area (Å²) in [5.74, 6) is 3.20. The van der Waals surface area contributed by atoms with E-state index in [1.54, 1.807) is 7.11 Å². The molecule has 0 unspecified atom stereocenters. The second kappa shape index (κ2) is 8.23. The number of hydrogen-bond donors (Lipinski definition) is 1. The quantitative estimate of drug-likeness (QED) is 0.391. The minimum absolute atomic E-state index is 0.464. The molecule has 0 bridgehead atoms. The van der Waals surface area contributed by atoms with Crippen molar-refractivity contribution < 1.29 is 4.84 Å². The number of thioether (sulfide) groups is 1. The van der Waals surface area contributed by atoms with Gasteiger partial charge in [0.2, 0.25) is 0 Å². The lowest BCUT2D eigenvalue weighted by molar-refractivity contribution is -0.148. The maximum absolute atomic E-state index is 5.19. The Balaban J connectivity index is 3.32. The third-order valence-corrected chi connectivity index (χ3v) is 2.99. The maximum atomic E-state index is 5.19. The van der Waals surface area contributed by atoms with Crippen molar-refractivity contribution in [3.63, 3.8) is 0 Å². The molecule has 0 aliphatic rings. The molecule has 0 atom stereocenters. The van der Waals surface area contributed by atoms with E-state index >= 15 is 0 Å². The van der Waals surface area contributed by atoms with Crippen LogP contribution in [-0.2, 0) is 4.84 Å². The van der Waals surface area contributed by atoms with Crippen LogP contribution < -0.4 is 0 Å². The van der Waals surface area contributed by atoms with Gasteiger partial charge in [-0.15, -0.1) is 0 Å². The van der Waals surface area contributed by atoms with Crippen molar-refractivity contribution in [2.24, 2.45) is 0 Å². The van der Waals surface area contributed by atoms with E-state index in [-0.39, 0.29) is 0 Å². The van der Waals surface area contributed by atoms with Gasteiger partial charge in [0.25, 0.3) is 0 Å². The molecule has 0 spiro atoms. The third-order valence-electron chi connectivity index (χ3n) is 1.50. The van der Waals surface area contributed by atoms with Gasteiger partial charge in [-0.1, -0.05) is 0 Å². The molecule has 12 heavy (non-hydrogen) atoms. The van der Waals surface area contributed by atoms with Gasteiger partial charge in [-0.25, -0.2) is 0 Å². The van der Waals surface area contributed by atoms with E-state index in [9.17, 15) is 0 Å². The SMILES string of the molecule is CON(CCSCCS)C(C)C. The van der Waals surface area contributed by atoms with E-state index in [0.717, 1.165) is 23.8 Å². The summed E-state index contributed by atoms with van der Waals surface area (Å²) in [5.41, 5.74) is 0. The van der Waals surface area contributed by atoms with Crippen LogP contribution >= 0.6 is 24.4 Å². The van der Waals surface area contributed by atoms with Crippen molar-refractivity contribution in [1.29, 1.82) is 0 Å². The first-order chi connectivity index (χ1) is 5.72. The van der Waals surface area contributed by atoms with Crippen LogP contribution in [0.4, 0.5) is 0 Å². The standard InChI is InChI=1S/C8H19NOS2/c1-8(2)9(10-3)4-6-12-7-5-11/h8,11H,4-7H2,1-3H3. The van der Waals surface area contributed by atoms with Gasteiger partial charge in [-0.05, 0) is 19.6 Å². The second-order valence-corrected chi connectivity index (χ2v) is 4.42. The summed E-state index contributed by atoms with van der Waals surface area (Å²) in [7, 11) is 1.73. The highest BCUT2D eigenvalue weighted by atomic mass is 32.2. The van der Waals surface area contributed by atoms with Gasteiger partial charge in [0, 0.05) is 24.1 Å². The molecule has 0 rings (SSSR count). The Kier molecular flexibility index (Phi) is 8.65. The molecule has 4 heteroatoms. The van der Waals surface area contributed by atoms with Crippen LogP contribution in [0, 0.1) is 0 Å². The van der Waals surface area contributed by atoms with Crippen LogP contribution in [0.25, 0.3) is 0 Å². The predicted octanol–water partition coefficient (Wildman–Crippen LogP) is 1.92. The van der Waals surface area contributed by atoms with E-state index in [4.69, 9.17) is 4.84 Å².